The van der Waals surface area contributed by atoms with Gasteiger partial charge in [-0.1, -0.05) is 6.92 Å². The first-order chi connectivity index (χ1) is 12.5. The summed E-state index contributed by atoms with van der Waals surface area (Å²) in [5.74, 6) is 1.12. The summed E-state index contributed by atoms with van der Waals surface area (Å²) >= 11 is 3.00. The number of hydrogen-bond acceptors (Lipinski definition) is 6. The summed E-state index contributed by atoms with van der Waals surface area (Å²) in [5, 5.41) is 9.95. The van der Waals surface area contributed by atoms with Crippen LogP contribution in [0.4, 0.5) is 5.00 Å². The predicted octanol–water partition coefficient (Wildman–Crippen LogP) is 0.797. The Morgan fingerprint density at radius 2 is 2.08 bits per heavy atom. The molecule has 7 nitrogen and oxygen atoms in total. The van der Waals surface area contributed by atoms with E-state index in [1.54, 1.807) is 18.8 Å². The van der Waals surface area contributed by atoms with Gasteiger partial charge in [0.2, 0.25) is 11.8 Å². The third-order valence-corrected chi connectivity index (χ3v) is 6.72. The summed E-state index contributed by atoms with van der Waals surface area (Å²) in [7, 11) is 1.62. The Bertz CT molecular complexity index is 734. The van der Waals surface area contributed by atoms with Crippen molar-refractivity contribution in [3.8, 4) is 0 Å². The Kier molecular flexibility index (Phi) is 5.89. The molecule has 26 heavy (non-hydrogen) atoms. The number of anilines is 1. The van der Waals surface area contributed by atoms with E-state index in [2.05, 4.69) is 0 Å². The van der Waals surface area contributed by atoms with Gasteiger partial charge in [-0.15, -0.1) is 11.3 Å². The van der Waals surface area contributed by atoms with Crippen LogP contribution in [0, 0.1) is 0 Å². The molecule has 142 valence electrons. The minimum atomic E-state index is -0.195. The molecule has 0 spiro atoms. The maximum absolute atomic E-state index is 12.8. The van der Waals surface area contributed by atoms with Gasteiger partial charge in [-0.3, -0.25) is 19.3 Å². The van der Waals surface area contributed by atoms with Crippen LogP contribution in [0.25, 0.3) is 0 Å². The molecule has 0 unspecified atom stereocenters. The number of fused-ring (bicyclic) bond motifs is 3. The largest absolute Gasteiger partial charge is 0.395 e. The summed E-state index contributed by atoms with van der Waals surface area (Å²) in [4.78, 5) is 43.4. The quantitative estimate of drug-likeness (QED) is 0.795. The fraction of sp³-hybridized carbons (Fsp3) is 0.588. The van der Waals surface area contributed by atoms with E-state index in [-0.39, 0.29) is 37.4 Å². The third-order valence-electron chi connectivity index (χ3n) is 4.62. The number of rotatable bonds is 5. The number of amides is 3. The number of carbonyl (C=O) groups excluding carboxylic acids is 3. The molecule has 3 heterocycles. The molecule has 3 amide bonds. The lowest BCUT2D eigenvalue weighted by Gasteiger charge is -2.27. The Morgan fingerprint density at radius 1 is 1.31 bits per heavy atom. The molecule has 0 fully saturated rings. The highest BCUT2D eigenvalue weighted by molar-refractivity contribution is 7.99. The lowest BCUT2D eigenvalue weighted by atomic mass is 10.0. The fourth-order valence-corrected chi connectivity index (χ4v) is 5.24. The van der Waals surface area contributed by atoms with Crippen LogP contribution < -0.4 is 4.90 Å². The van der Waals surface area contributed by atoms with Gasteiger partial charge in [0.25, 0.3) is 5.91 Å². The van der Waals surface area contributed by atoms with Gasteiger partial charge in [0.05, 0.1) is 24.5 Å². The summed E-state index contributed by atoms with van der Waals surface area (Å²) < 4.78 is 0. The molecule has 0 bridgehead atoms. The average Bonchev–Trinajstić information content (AvgIpc) is 2.97. The van der Waals surface area contributed by atoms with E-state index in [4.69, 9.17) is 0 Å². The Hall–Kier alpha value is -1.58. The zero-order chi connectivity index (χ0) is 18.8. The summed E-state index contributed by atoms with van der Waals surface area (Å²) in [6, 6.07) is 0. The Morgan fingerprint density at radius 3 is 2.77 bits per heavy atom. The van der Waals surface area contributed by atoms with Crippen molar-refractivity contribution in [1.82, 2.24) is 9.80 Å². The number of thioether (sulfide) groups is 1. The molecule has 2 aliphatic rings. The van der Waals surface area contributed by atoms with Crippen molar-refractivity contribution in [3.05, 3.63) is 16.0 Å². The first-order valence-electron chi connectivity index (χ1n) is 8.64. The van der Waals surface area contributed by atoms with Crippen molar-refractivity contribution in [3.63, 3.8) is 0 Å². The maximum atomic E-state index is 12.8. The van der Waals surface area contributed by atoms with Gasteiger partial charge in [0.15, 0.2) is 0 Å². The average molecular weight is 398 g/mol. The number of β-amino-alcohol motifs (C(OH)–C–C–N with tert-alkyl or cyclic N) is 1. The van der Waals surface area contributed by atoms with Crippen LogP contribution in [0.1, 0.15) is 27.7 Å². The number of thiophene rings is 1. The molecule has 0 aliphatic carbocycles. The Labute approximate surface area is 160 Å². The second-order valence-corrected chi connectivity index (χ2v) is 8.67. The SMILES string of the molecule is CCSCC(=O)N1CCc2c(sc3c2C(=O)N(C)CC(=O)N3CCO)C1. The van der Waals surface area contributed by atoms with Crippen molar-refractivity contribution in [2.24, 2.45) is 0 Å². The van der Waals surface area contributed by atoms with E-state index in [0.29, 0.717) is 35.8 Å². The lowest BCUT2D eigenvalue weighted by molar-refractivity contribution is -0.129. The van der Waals surface area contributed by atoms with Crippen LogP contribution in [-0.2, 0) is 22.6 Å². The van der Waals surface area contributed by atoms with Crippen LogP contribution >= 0.6 is 23.1 Å². The van der Waals surface area contributed by atoms with E-state index in [9.17, 15) is 19.5 Å². The summed E-state index contributed by atoms with van der Waals surface area (Å²) in [6.07, 6.45) is 0.616. The van der Waals surface area contributed by atoms with Gasteiger partial charge in [0, 0.05) is 25.0 Å². The second kappa shape index (κ2) is 7.98. The Balaban J connectivity index is 1.95. The number of aliphatic hydroxyl groups excluding tert-OH is 1. The first kappa shape index (κ1) is 19.2. The van der Waals surface area contributed by atoms with Crippen molar-refractivity contribution in [2.75, 3.05) is 49.7 Å². The highest BCUT2D eigenvalue weighted by Gasteiger charge is 2.37. The van der Waals surface area contributed by atoms with Crippen LogP contribution in [0.15, 0.2) is 0 Å². The van der Waals surface area contributed by atoms with E-state index in [1.165, 1.54) is 21.1 Å². The van der Waals surface area contributed by atoms with Crippen LogP contribution in [0.3, 0.4) is 0 Å². The number of nitrogens with zero attached hydrogens (tertiary/aromatic N) is 3. The van der Waals surface area contributed by atoms with Crippen molar-refractivity contribution >= 4 is 45.8 Å². The van der Waals surface area contributed by atoms with Gasteiger partial charge >= 0.3 is 0 Å². The molecule has 0 saturated carbocycles. The smallest absolute Gasteiger partial charge is 0.257 e. The maximum Gasteiger partial charge on any atom is 0.257 e. The van der Waals surface area contributed by atoms with Crippen molar-refractivity contribution in [2.45, 2.75) is 19.9 Å². The van der Waals surface area contributed by atoms with E-state index in [1.807, 2.05) is 11.8 Å². The topological polar surface area (TPSA) is 81.2 Å². The molecule has 3 rings (SSSR count). The van der Waals surface area contributed by atoms with Crippen molar-refractivity contribution < 1.29 is 19.5 Å². The molecule has 0 saturated heterocycles. The summed E-state index contributed by atoms with van der Waals surface area (Å²) in [5.41, 5.74) is 1.52. The van der Waals surface area contributed by atoms with Crippen molar-refractivity contribution in [1.29, 1.82) is 0 Å². The van der Waals surface area contributed by atoms with Gasteiger partial charge in [0.1, 0.15) is 11.5 Å². The highest BCUT2D eigenvalue weighted by Crippen LogP contribution is 2.41. The van der Waals surface area contributed by atoms with Crippen LogP contribution in [0.5, 0.6) is 0 Å². The number of aliphatic hydroxyl groups is 1. The summed E-state index contributed by atoms with van der Waals surface area (Å²) in [6.45, 7) is 3.11. The van der Waals surface area contributed by atoms with E-state index in [0.717, 1.165) is 16.2 Å². The molecular weight excluding hydrogens is 374 g/mol. The number of hydrogen-bond donors (Lipinski definition) is 1. The van der Waals surface area contributed by atoms with Crippen LogP contribution in [0.2, 0.25) is 0 Å². The van der Waals surface area contributed by atoms with Crippen LogP contribution in [-0.4, -0.2) is 77.4 Å². The molecule has 1 aromatic heterocycles. The van der Waals surface area contributed by atoms with E-state index >= 15 is 0 Å². The lowest BCUT2D eigenvalue weighted by Crippen LogP contribution is -2.39. The molecular formula is C17H23N3O4S2. The fourth-order valence-electron chi connectivity index (χ4n) is 3.28. The van der Waals surface area contributed by atoms with E-state index < -0.39 is 0 Å². The molecule has 0 aromatic carbocycles. The van der Waals surface area contributed by atoms with Gasteiger partial charge < -0.3 is 14.9 Å². The van der Waals surface area contributed by atoms with Gasteiger partial charge in [-0.05, 0) is 17.7 Å². The third kappa shape index (κ3) is 3.47. The monoisotopic (exact) mass is 397 g/mol. The zero-order valence-electron chi connectivity index (χ0n) is 15.0. The zero-order valence-corrected chi connectivity index (χ0v) is 16.6. The predicted molar refractivity (Wildman–Crippen MR) is 103 cm³/mol. The molecule has 2 aliphatic heterocycles. The second-order valence-electron chi connectivity index (χ2n) is 6.32. The molecule has 1 aromatic rings. The normalized spacial score (nSPS) is 17.3. The molecule has 9 heteroatoms. The van der Waals surface area contributed by atoms with Gasteiger partial charge in [-0.2, -0.15) is 11.8 Å². The number of likely N-dealkylation sites (N-methyl/N-ethyl adjacent to an activating group) is 1. The number of carbonyl (C=O) groups is 3. The highest BCUT2D eigenvalue weighted by atomic mass is 32.2. The minimum absolute atomic E-state index is 0.00780. The van der Waals surface area contributed by atoms with Gasteiger partial charge in [-0.25, -0.2) is 0 Å². The molecule has 0 radical (unpaired) electrons. The standard InChI is InChI=1S/C17H23N3O4S2/c1-3-25-10-14(23)19-5-4-11-12(8-19)26-17-15(11)16(24)18(2)9-13(22)20(17)6-7-21/h21H,3-10H2,1-2H3. The molecule has 0 atom stereocenters. The minimum Gasteiger partial charge on any atom is -0.395 e. The first-order valence-corrected chi connectivity index (χ1v) is 10.6. The molecule has 1 N–H and O–H groups in total.